The highest BCUT2D eigenvalue weighted by Crippen LogP contribution is 2.38. The standard InChI is InChI=1S/C19H24N4O5/c1-11-8-14(15(23(27)28)9-12(11)2)20-16(24)10-22-17(25)19(21-18(22)26)7-5-4-6-13(19)3/h8-9,13H,4-7,10H2,1-3H3,(H,20,24)(H,21,26). The molecule has 1 aliphatic carbocycles. The van der Waals surface area contributed by atoms with Crippen molar-refractivity contribution in [2.45, 2.75) is 52.0 Å². The number of nitrogens with one attached hydrogen (secondary N) is 2. The molecule has 2 N–H and O–H groups in total. The van der Waals surface area contributed by atoms with Crippen molar-refractivity contribution in [2.24, 2.45) is 5.92 Å². The van der Waals surface area contributed by atoms with Crippen LogP contribution in [0.3, 0.4) is 0 Å². The van der Waals surface area contributed by atoms with Gasteiger partial charge in [0.25, 0.3) is 11.6 Å². The Kier molecular flexibility index (Phi) is 5.10. The Morgan fingerprint density at radius 2 is 2.00 bits per heavy atom. The van der Waals surface area contributed by atoms with E-state index in [9.17, 15) is 24.5 Å². The minimum absolute atomic E-state index is 0.00778. The van der Waals surface area contributed by atoms with Crippen LogP contribution in [0.2, 0.25) is 0 Å². The third kappa shape index (κ3) is 3.32. The topological polar surface area (TPSA) is 122 Å². The van der Waals surface area contributed by atoms with Gasteiger partial charge in [-0.15, -0.1) is 0 Å². The van der Waals surface area contributed by atoms with E-state index in [-0.39, 0.29) is 17.3 Å². The number of urea groups is 1. The van der Waals surface area contributed by atoms with Crippen LogP contribution in [0.5, 0.6) is 0 Å². The van der Waals surface area contributed by atoms with Crippen LogP contribution in [0.4, 0.5) is 16.2 Å². The molecule has 0 radical (unpaired) electrons. The molecule has 3 rings (SSSR count). The second kappa shape index (κ2) is 7.21. The Balaban J connectivity index is 1.77. The van der Waals surface area contributed by atoms with E-state index in [1.165, 1.54) is 12.1 Å². The summed E-state index contributed by atoms with van der Waals surface area (Å²) in [6.07, 6.45) is 3.23. The Bertz CT molecular complexity index is 868. The molecular formula is C19H24N4O5. The first kappa shape index (κ1) is 19.8. The van der Waals surface area contributed by atoms with E-state index >= 15 is 0 Å². The first-order valence-electron chi connectivity index (χ1n) is 9.35. The van der Waals surface area contributed by atoms with Crippen LogP contribution in [0.1, 0.15) is 43.7 Å². The molecule has 2 atom stereocenters. The number of anilines is 1. The van der Waals surface area contributed by atoms with E-state index in [0.29, 0.717) is 6.42 Å². The summed E-state index contributed by atoms with van der Waals surface area (Å²) in [4.78, 5) is 49.4. The Morgan fingerprint density at radius 1 is 1.32 bits per heavy atom. The molecule has 1 saturated carbocycles. The molecule has 9 nitrogen and oxygen atoms in total. The molecule has 0 aromatic heterocycles. The minimum Gasteiger partial charge on any atom is -0.323 e. The number of hydrogen-bond donors (Lipinski definition) is 2. The summed E-state index contributed by atoms with van der Waals surface area (Å²) < 4.78 is 0. The zero-order valence-electron chi connectivity index (χ0n) is 16.2. The van der Waals surface area contributed by atoms with Crippen LogP contribution in [0, 0.1) is 29.9 Å². The summed E-state index contributed by atoms with van der Waals surface area (Å²) >= 11 is 0. The fraction of sp³-hybridized carbons (Fsp3) is 0.526. The summed E-state index contributed by atoms with van der Waals surface area (Å²) in [5, 5.41) is 16.5. The zero-order valence-corrected chi connectivity index (χ0v) is 16.2. The molecule has 1 heterocycles. The third-order valence-electron chi connectivity index (χ3n) is 5.89. The monoisotopic (exact) mass is 388 g/mol. The van der Waals surface area contributed by atoms with E-state index < -0.39 is 34.9 Å². The molecular weight excluding hydrogens is 364 g/mol. The second-order valence-electron chi connectivity index (χ2n) is 7.70. The van der Waals surface area contributed by atoms with E-state index in [1.807, 2.05) is 6.92 Å². The van der Waals surface area contributed by atoms with Crippen molar-refractivity contribution >= 4 is 29.2 Å². The normalized spacial score (nSPS) is 24.4. The highest BCUT2D eigenvalue weighted by Gasteiger charge is 2.55. The van der Waals surface area contributed by atoms with E-state index in [1.54, 1.807) is 13.8 Å². The average Bonchev–Trinajstić information content (AvgIpc) is 2.85. The molecule has 2 aliphatic rings. The molecule has 1 saturated heterocycles. The highest BCUT2D eigenvalue weighted by molar-refractivity contribution is 6.10. The van der Waals surface area contributed by atoms with Gasteiger partial charge in [0.15, 0.2) is 0 Å². The van der Waals surface area contributed by atoms with Crippen molar-refractivity contribution < 1.29 is 19.3 Å². The summed E-state index contributed by atoms with van der Waals surface area (Å²) in [6, 6.07) is 2.31. The van der Waals surface area contributed by atoms with Crippen LogP contribution in [-0.4, -0.2) is 39.8 Å². The maximum atomic E-state index is 12.9. The fourth-order valence-electron chi connectivity index (χ4n) is 4.02. The molecule has 2 unspecified atom stereocenters. The molecule has 28 heavy (non-hydrogen) atoms. The average molecular weight is 388 g/mol. The summed E-state index contributed by atoms with van der Waals surface area (Å²) in [7, 11) is 0. The second-order valence-corrected chi connectivity index (χ2v) is 7.70. The van der Waals surface area contributed by atoms with E-state index in [2.05, 4.69) is 10.6 Å². The molecule has 150 valence electrons. The predicted molar refractivity (Wildman–Crippen MR) is 102 cm³/mol. The number of hydrogen-bond acceptors (Lipinski definition) is 5. The lowest BCUT2D eigenvalue weighted by Crippen LogP contribution is -2.54. The van der Waals surface area contributed by atoms with Crippen LogP contribution < -0.4 is 10.6 Å². The van der Waals surface area contributed by atoms with E-state index in [4.69, 9.17) is 0 Å². The number of aryl methyl sites for hydroxylation is 2. The van der Waals surface area contributed by atoms with Gasteiger partial charge in [-0.05, 0) is 49.8 Å². The van der Waals surface area contributed by atoms with Gasteiger partial charge in [-0.3, -0.25) is 24.6 Å². The first-order chi connectivity index (χ1) is 13.2. The number of rotatable bonds is 4. The largest absolute Gasteiger partial charge is 0.325 e. The number of imide groups is 1. The number of carbonyl (C=O) groups is 3. The van der Waals surface area contributed by atoms with Crippen molar-refractivity contribution in [3.8, 4) is 0 Å². The van der Waals surface area contributed by atoms with Crippen LogP contribution in [0.25, 0.3) is 0 Å². The number of nitro groups is 1. The number of nitrogens with zero attached hydrogens (tertiary/aromatic N) is 2. The van der Waals surface area contributed by atoms with Gasteiger partial charge in [-0.1, -0.05) is 19.8 Å². The fourth-order valence-corrected chi connectivity index (χ4v) is 4.02. The van der Waals surface area contributed by atoms with Gasteiger partial charge in [0.2, 0.25) is 5.91 Å². The molecule has 1 aromatic rings. The van der Waals surface area contributed by atoms with Crippen LogP contribution in [-0.2, 0) is 9.59 Å². The van der Waals surface area contributed by atoms with Gasteiger partial charge in [0.05, 0.1) is 4.92 Å². The number of benzene rings is 1. The Labute approximate surface area is 162 Å². The van der Waals surface area contributed by atoms with Gasteiger partial charge in [-0.2, -0.15) is 0 Å². The quantitative estimate of drug-likeness (QED) is 0.466. The van der Waals surface area contributed by atoms with Crippen LogP contribution in [0.15, 0.2) is 12.1 Å². The maximum absolute atomic E-state index is 12.9. The number of amides is 4. The molecule has 2 fully saturated rings. The van der Waals surface area contributed by atoms with Gasteiger partial charge < -0.3 is 10.6 Å². The van der Waals surface area contributed by atoms with Gasteiger partial charge >= 0.3 is 6.03 Å². The van der Waals surface area contributed by atoms with Crippen LogP contribution >= 0.6 is 0 Å². The summed E-state index contributed by atoms with van der Waals surface area (Å²) in [6.45, 7) is 4.97. The molecule has 4 amide bonds. The number of nitro benzene ring substituents is 1. The van der Waals surface area contributed by atoms with Crippen molar-refractivity contribution in [1.82, 2.24) is 10.2 Å². The molecule has 1 aromatic carbocycles. The Morgan fingerprint density at radius 3 is 2.64 bits per heavy atom. The van der Waals surface area contributed by atoms with Gasteiger partial charge in [0, 0.05) is 6.07 Å². The van der Waals surface area contributed by atoms with E-state index in [0.717, 1.165) is 35.3 Å². The summed E-state index contributed by atoms with van der Waals surface area (Å²) in [5.41, 5.74) is 0.386. The minimum atomic E-state index is -0.942. The number of carbonyl (C=O) groups excluding carboxylic acids is 3. The lowest BCUT2D eigenvalue weighted by Gasteiger charge is -2.36. The lowest BCUT2D eigenvalue weighted by molar-refractivity contribution is -0.384. The molecule has 1 spiro atoms. The highest BCUT2D eigenvalue weighted by atomic mass is 16.6. The van der Waals surface area contributed by atoms with Crippen molar-refractivity contribution in [2.75, 3.05) is 11.9 Å². The smallest absolute Gasteiger partial charge is 0.323 e. The summed E-state index contributed by atoms with van der Waals surface area (Å²) in [5.74, 6) is -1.06. The van der Waals surface area contributed by atoms with Gasteiger partial charge in [0.1, 0.15) is 17.8 Å². The van der Waals surface area contributed by atoms with Crippen molar-refractivity contribution in [3.63, 3.8) is 0 Å². The maximum Gasteiger partial charge on any atom is 0.325 e. The van der Waals surface area contributed by atoms with Gasteiger partial charge in [-0.25, -0.2) is 4.79 Å². The zero-order chi connectivity index (χ0) is 20.6. The third-order valence-corrected chi connectivity index (χ3v) is 5.89. The SMILES string of the molecule is Cc1cc(NC(=O)CN2C(=O)NC3(CCCCC3C)C2=O)c([N+](=O)[O-])cc1C. The Hall–Kier alpha value is -2.97. The molecule has 0 bridgehead atoms. The lowest BCUT2D eigenvalue weighted by atomic mass is 9.73. The van der Waals surface area contributed by atoms with Crippen molar-refractivity contribution in [1.29, 1.82) is 0 Å². The molecule has 1 aliphatic heterocycles. The molecule has 9 heteroatoms. The first-order valence-corrected chi connectivity index (χ1v) is 9.35. The van der Waals surface area contributed by atoms with Crippen molar-refractivity contribution in [3.05, 3.63) is 33.4 Å². The predicted octanol–water partition coefficient (Wildman–Crippen LogP) is 2.65.